The van der Waals surface area contributed by atoms with E-state index in [1.54, 1.807) is 62.4 Å². The average Bonchev–Trinajstić information content (AvgIpc) is 2.83. The van der Waals surface area contributed by atoms with Gasteiger partial charge >= 0.3 is 25.7 Å². The van der Waals surface area contributed by atoms with Gasteiger partial charge in [0.05, 0.1) is 16.7 Å². The summed E-state index contributed by atoms with van der Waals surface area (Å²) in [6.07, 6.45) is 0.828. The Labute approximate surface area is 207 Å². The van der Waals surface area contributed by atoms with Gasteiger partial charge in [-0.3, -0.25) is 4.89 Å². The van der Waals surface area contributed by atoms with Gasteiger partial charge in [-0.2, -0.15) is 0 Å². The summed E-state index contributed by atoms with van der Waals surface area (Å²) in [5.41, 5.74) is 3.55. The predicted molar refractivity (Wildman–Crippen MR) is 131 cm³/mol. The Kier molecular flexibility index (Phi) is 12.2. The number of benzene rings is 3. The van der Waals surface area contributed by atoms with Crippen LogP contribution in [0, 0.1) is 13.8 Å². The lowest BCUT2D eigenvalue weighted by atomic mass is 10.1. The second-order valence-electron chi connectivity index (χ2n) is 7.23. The van der Waals surface area contributed by atoms with Crippen molar-refractivity contribution in [1.29, 1.82) is 0 Å². The molecule has 3 rings (SSSR count). The zero-order chi connectivity index (χ0) is 27.3. The van der Waals surface area contributed by atoms with Crippen LogP contribution < -0.4 is 0 Å². The van der Waals surface area contributed by atoms with Gasteiger partial charge in [0.1, 0.15) is 0 Å². The summed E-state index contributed by atoms with van der Waals surface area (Å²) >= 11 is 0. The van der Waals surface area contributed by atoms with Gasteiger partial charge in [0.15, 0.2) is 0 Å². The van der Waals surface area contributed by atoms with Crippen LogP contribution in [0.1, 0.15) is 54.7 Å². The molecule has 0 heterocycles. The second kappa shape index (κ2) is 14.6. The van der Waals surface area contributed by atoms with Crippen molar-refractivity contribution in [2.45, 2.75) is 27.2 Å². The van der Waals surface area contributed by atoms with Gasteiger partial charge in [0.2, 0.25) is 0 Å². The van der Waals surface area contributed by atoms with Gasteiger partial charge in [0, 0.05) is 0 Å². The Morgan fingerprint density at radius 3 is 1.47 bits per heavy atom. The maximum atomic E-state index is 11.2. The third-order valence-electron chi connectivity index (χ3n) is 4.56. The van der Waals surface area contributed by atoms with E-state index in [0.29, 0.717) is 11.1 Å². The fraction of sp³-hybridized carbons (Fsp3) is 0.160. The molecule has 0 bridgehead atoms. The van der Waals surface area contributed by atoms with E-state index in [9.17, 15) is 18.9 Å². The molecule has 192 valence electrons. The second-order valence-corrected chi connectivity index (χ2v) is 8.36. The van der Waals surface area contributed by atoms with Crippen LogP contribution in [-0.2, 0) is 20.5 Å². The van der Waals surface area contributed by atoms with Crippen LogP contribution in [0.15, 0.2) is 72.8 Å². The number of aryl methyl sites for hydroxylation is 3. The summed E-state index contributed by atoms with van der Waals surface area (Å²) in [6.45, 7) is 5.52. The molecule has 0 saturated carbocycles. The van der Waals surface area contributed by atoms with Crippen LogP contribution in [-0.4, -0.2) is 37.9 Å². The highest BCUT2D eigenvalue weighted by Gasteiger charge is 2.19. The van der Waals surface area contributed by atoms with Crippen molar-refractivity contribution < 1.29 is 48.5 Å². The van der Waals surface area contributed by atoms with Gasteiger partial charge in [-0.15, -0.1) is 0 Å². The van der Waals surface area contributed by atoms with E-state index in [0.717, 1.165) is 23.1 Å². The molecule has 0 unspecified atom stereocenters. The highest BCUT2D eigenvalue weighted by atomic mass is 31.2. The lowest BCUT2D eigenvalue weighted by Gasteiger charge is -2.04. The minimum Gasteiger partial charge on any atom is -0.478 e. The van der Waals surface area contributed by atoms with Gasteiger partial charge < -0.3 is 20.0 Å². The first-order chi connectivity index (χ1) is 16.9. The molecule has 0 aliphatic heterocycles. The molecule has 36 heavy (non-hydrogen) atoms. The fourth-order valence-corrected chi connectivity index (χ4v) is 2.80. The van der Waals surface area contributed by atoms with Crippen molar-refractivity contribution in [3.63, 3.8) is 0 Å². The molecule has 3 aromatic carbocycles. The quantitative estimate of drug-likeness (QED) is 0.202. The van der Waals surface area contributed by atoms with Crippen LogP contribution in [0.4, 0.5) is 0 Å². The number of carbonyl (C=O) groups is 3. The molecule has 0 aliphatic carbocycles. The average molecular weight is 518 g/mol. The minimum atomic E-state index is -4.80. The number of aromatic carboxylic acids is 2. The molecular formula is C25H27O10P. The zero-order valence-electron chi connectivity index (χ0n) is 19.8. The van der Waals surface area contributed by atoms with Crippen molar-refractivity contribution in [2.24, 2.45) is 0 Å². The highest BCUT2D eigenvalue weighted by molar-refractivity contribution is 7.46. The topological polar surface area (TPSA) is 168 Å². The van der Waals surface area contributed by atoms with E-state index in [2.05, 4.69) is 9.56 Å². The lowest BCUT2D eigenvalue weighted by molar-refractivity contribution is -0.166. The number of carboxylic acids is 2. The van der Waals surface area contributed by atoms with Crippen LogP contribution in [0.3, 0.4) is 0 Å². The summed E-state index contributed by atoms with van der Waals surface area (Å²) in [5.74, 6) is -2.68. The summed E-state index contributed by atoms with van der Waals surface area (Å²) in [7, 11) is -4.80. The number of carbonyl (C=O) groups excluding carboxylic acids is 1. The lowest BCUT2D eigenvalue weighted by Crippen LogP contribution is -2.04. The van der Waals surface area contributed by atoms with E-state index in [1.807, 2.05) is 19.1 Å². The highest BCUT2D eigenvalue weighted by Crippen LogP contribution is 2.36. The summed E-state index contributed by atoms with van der Waals surface area (Å²) < 4.78 is 13.9. The zero-order valence-corrected chi connectivity index (χ0v) is 20.7. The maximum Gasteiger partial charge on any atom is 0.505 e. The van der Waals surface area contributed by atoms with E-state index >= 15 is 0 Å². The largest absolute Gasteiger partial charge is 0.505 e. The van der Waals surface area contributed by atoms with Crippen molar-refractivity contribution in [3.8, 4) is 0 Å². The first-order valence-electron chi connectivity index (χ1n) is 10.5. The van der Waals surface area contributed by atoms with Crippen LogP contribution >= 0.6 is 7.82 Å². The van der Waals surface area contributed by atoms with Crippen LogP contribution in [0.25, 0.3) is 0 Å². The standard InChI is InChI=1S/C9H11O6P.2C8H8O2/c1-2-7-3-5-8(6-4-7)9(10)14-15-16(11,12)13;2*1-6-4-2-3-5-7(6)8(9)10/h3-6H,2H2,1H3,(H2,11,12,13);2*2-5H,1H3,(H,9,10). The Morgan fingerprint density at radius 1 is 0.750 bits per heavy atom. The molecule has 11 heteroatoms. The molecule has 0 atom stereocenters. The molecule has 3 aromatic rings. The molecular weight excluding hydrogens is 491 g/mol. The normalized spacial score (nSPS) is 10.1. The number of hydrogen-bond donors (Lipinski definition) is 4. The summed E-state index contributed by atoms with van der Waals surface area (Å²) in [4.78, 5) is 52.6. The van der Waals surface area contributed by atoms with E-state index in [1.165, 1.54) is 12.1 Å². The smallest absolute Gasteiger partial charge is 0.478 e. The monoisotopic (exact) mass is 518 g/mol. The Morgan fingerprint density at radius 2 is 1.17 bits per heavy atom. The molecule has 0 aliphatic rings. The fourth-order valence-electron chi connectivity index (χ4n) is 2.63. The molecule has 0 fully saturated rings. The Balaban J connectivity index is 0.000000282. The summed E-state index contributed by atoms with van der Waals surface area (Å²) in [6, 6.07) is 20.2. The third-order valence-corrected chi connectivity index (χ3v) is 4.83. The molecule has 0 radical (unpaired) electrons. The molecule has 4 N–H and O–H groups in total. The third kappa shape index (κ3) is 11.1. The number of phosphoric acid groups is 1. The molecule has 0 saturated heterocycles. The van der Waals surface area contributed by atoms with Gasteiger partial charge in [-0.05, 0) is 61.2 Å². The van der Waals surface area contributed by atoms with E-state index in [-0.39, 0.29) is 5.56 Å². The summed E-state index contributed by atoms with van der Waals surface area (Å²) in [5, 5.41) is 17.1. The van der Waals surface area contributed by atoms with E-state index in [4.69, 9.17) is 20.0 Å². The van der Waals surface area contributed by atoms with Crippen molar-refractivity contribution in [3.05, 3.63) is 106 Å². The van der Waals surface area contributed by atoms with Crippen LogP contribution in [0.2, 0.25) is 0 Å². The van der Waals surface area contributed by atoms with Crippen molar-refractivity contribution >= 4 is 25.7 Å². The number of rotatable bonds is 6. The molecule has 0 spiro atoms. The minimum absolute atomic E-state index is 0.158. The van der Waals surface area contributed by atoms with Gasteiger partial charge in [0.25, 0.3) is 0 Å². The van der Waals surface area contributed by atoms with Crippen molar-refractivity contribution in [2.75, 3.05) is 0 Å². The Bertz CT molecular complexity index is 1160. The predicted octanol–water partition coefficient (Wildman–Crippen LogP) is 4.82. The van der Waals surface area contributed by atoms with Gasteiger partial charge in [-0.25, -0.2) is 18.9 Å². The maximum absolute atomic E-state index is 11.2. The SMILES string of the molecule is CCc1ccc(C(=O)OOP(=O)(O)O)cc1.Cc1ccccc1C(=O)O.Cc1ccccc1C(=O)O. The van der Waals surface area contributed by atoms with E-state index < -0.39 is 25.7 Å². The number of carboxylic acid groups (broad SMARTS) is 2. The van der Waals surface area contributed by atoms with Gasteiger partial charge in [-0.1, -0.05) is 60.1 Å². The number of hydrogen-bond acceptors (Lipinski definition) is 6. The first kappa shape index (κ1) is 30.2. The molecule has 0 amide bonds. The molecule has 10 nitrogen and oxygen atoms in total. The van der Waals surface area contributed by atoms with Crippen LogP contribution in [0.5, 0.6) is 0 Å². The van der Waals surface area contributed by atoms with Crippen molar-refractivity contribution in [1.82, 2.24) is 0 Å². The Hall–Kier alpha value is -3.82. The first-order valence-corrected chi connectivity index (χ1v) is 12.0. The molecule has 0 aromatic heterocycles.